The van der Waals surface area contributed by atoms with Gasteiger partial charge < -0.3 is 5.32 Å². The minimum atomic E-state index is 0.747. The van der Waals surface area contributed by atoms with Crippen molar-refractivity contribution in [2.45, 2.75) is 33.2 Å². The molecule has 2 aromatic heterocycles. The van der Waals surface area contributed by atoms with E-state index in [0.717, 1.165) is 36.6 Å². The third-order valence-electron chi connectivity index (χ3n) is 2.87. The van der Waals surface area contributed by atoms with Gasteiger partial charge in [0.05, 0.1) is 5.69 Å². The van der Waals surface area contributed by atoms with Gasteiger partial charge in [0.25, 0.3) is 0 Å². The lowest BCUT2D eigenvalue weighted by Gasteiger charge is -2.05. The standard InChI is InChI=1S/C13H19N5/c1-4-11-6-13(16-9-15-11)14-7-10-8-18(3)17-12(10)5-2/h6,8-9H,4-5,7H2,1-3H3,(H,14,15,16). The van der Waals surface area contributed by atoms with E-state index in [1.165, 1.54) is 5.56 Å². The summed E-state index contributed by atoms with van der Waals surface area (Å²) in [5.41, 5.74) is 3.40. The summed E-state index contributed by atoms with van der Waals surface area (Å²) in [4.78, 5) is 8.40. The van der Waals surface area contributed by atoms with Crippen LogP contribution in [-0.2, 0) is 26.4 Å². The Morgan fingerprint density at radius 1 is 1.22 bits per heavy atom. The lowest BCUT2D eigenvalue weighted by Crippen LogP contribution is -2.03. The molecule has 2 aromatic rings. The predicted molar refractivity (Wildman–Crippen MR) is 71.3 cm³/mol. The zero-order valence-electron chi connectivity index (χ0n) is 11.1. The van der Waals surface area contributed by atoms with E-state index < -0.39 is 0 Å². The van der Waals surface area contributed by atoms with Crippen molar-refractivity contribution in [1.82, 2.24) is 19.7 Å². The summed E-state index contributed by atoms with van der Waals surface area (Å²) in [6.45, 7) is 4.95. The monoisotopic (exact) mass is 245 g/mol. The van der Waals surface area contributed by atoms with Crippen LogP contribution in [0.5, 0.6) is 0 Å². The van der Waals surface area contributed by atoms with Gasteiger partial charge in [-0.1, -0.05) is 13.8 Å². The summed E-state index contributed by atoms with van der Waals surface area (Å²) >= 11 is 0. The molecule has 0 spiro atoms. The number of anilines is 1. The van der Waals surface area contributed by atoms with Crippen LogP contribution in [0, 0.1) is 0 Å². The third kappa shape index (κ3) is 2.85. The van der Waals surface area contributed by atoms with E-state index in [4.69, 9.17) is 0 Å². The summed E-state index contributed by atoms with van der Waals surface area (Å²) in [6, 6.07) is 1.99. The quantitative estimate of drug-likeness (QED) is 0.874. The number of nitrogens with one attached hydrogen (secondary N) is 1. The Labute approximate surface area is 107 Å². The van der Waals surface area contributed by atoms with Crippen molar-refractivity contribution in [3.8, 4) is 0 Å². The fourth-order valence-corrected chi connectivity index (χ4v) is 1.90. The number of rotatable bonds is 5. The van der Waals surface area contributed by atoms with E-state index in [1.807, 2.05) is 24.0 Å². The first kappa shape index (κ1) is 12.5. The molecule has 0 aliphatic heterocycles. The van der Waals surface area contributed by atoms with Gasteiger partial charge in [-0.15, -0.1) is 0 Å². The molecule has 0 aliphatic carbocycles. The molecule has 5 nitrogen and oxygen atoms in total. The molecule has 0 aliphatic rings. The average molecular weight is 245 g/mol. The molecule has 1 N–H and O–H groups in total. The first-order valence-electron chi connectivity index (χ1n) is 6.29. The van der Waals surface area contributed by atoms with Gasteiger partial charge >= 0.3 is 0 Å². The van der Waals surface area contributed by atoms with Crippen LogP contribution in [0.4, 0.5) is 5.82 Å². The van der Waals surface area contributed by atoms with Crippen molar-refractivity contribution >= 4 is 5.82 Å². The van der Waals surface area contributed by atoms with Gasteiger partial charge in [0.1, 0.15) is 12.1 Å². The highest BCUT2D eigenvalue weighted by molar-refractivity contribution is 5.36. The number of nitrogens with zero attached hydrogens (tertiary/aromatic N) is 4. The number of aromatic nitrogens is 4. The Morgan fingerprint density at radius 3 is 2.78 bits per heavy atom. The topological polar surface area (TPSA) is 55.6 Å². The number of aryl methyl sites for hydroxylation is 3. The summed E-state index contributed by atoms with van der Waals surface area (Å²) in [6.07, 6.45) is 5.52. The molecule has 2 heterocycles. The zero-order chi connectivity index (χ0) is 13.0. The first-order chi connectivity index (χ1) is 8.72. The fourth-order valence-electron chi connectivity index (χ4n) is 1.90. The second-order valence-electron chi connectivity index (χ2n) is 4.23. The van der Waals surface area contributed by atoms with E-state index in [0.29, 0.717) is 0 Å². The average Bonchev–Trinajstić information content (AvgIpc) is 2.77. The smallest absolute Gasteiger partial charge is 0.129 e. The highest BCUT2D eigenvalue weighted by Crippen LogP contribution is 2.11. The molecule has 0 saturated carbocycles. The second kappa shape index (κ2) is 5.62. The molecular formula is C13H19N5. The van der Waals surface area contributed by atoms with Crippen LogP contribution in [0.2, 0.25) is 0 Å². The molecule has 5 heteroatoms. The Bertz CT molecular complexity index is 518. The van der Waals surface area contributed by atoms with E-state index in [1.54, 1.807) is 6.33 Å². The van der Waals surface area contributed by atoms with Crippen molar-refractivity contribution in [1.29, 1.82) is 0 Å². The Hall–Kier alpha value is -1.91. The Morgan fingerprint density at radius 2 is 2.06 bits per heavy atom. The van der Waals surface area contributed by atoms with Crippen LogP contribution in [0.3, 0.4) is 0 Å². The molecule has 18 heavy (non-hydrogen) atoms. The van der Waals surface area contributed by atoms with E-state index in [-0.39, 0.29) is 0 Å². The van der Waals surface area contributed by atoms with Gasteiger partial charge in [-0.3, -0.25) is 4.68 Å². The van der Waals surface area contributed by atoms with E-state index in [9.17, 15) is 0 Å². The summed E-state index contributed by atoms with van der Waals surface area (Å²) in [5, 5.41) is 7.74. The Kier molecular flexibility index (Phi) is 3.92. The SMILES string of the molecule is CCc1cc(NCc2cn(C)nc2CC)ncn1. The van der Waals surface area contributed by atoms with Crippen molar-refractivity contribution in [2.75, 3.05) is 5.32 Å². The van der Waals surface area contributed by atoms with Gasteiger partial charge in [-0.05, 0) is 12.8 Å². The molecule has 0 radical (unpaired) electrons. The normalized spacial score (nSPS) is 10.6. The van der Waals surface area contributed by atoms with Crippen molar-refractivity contribution in [3.63, 3.8) is 0 Å². The molecule has 0 saturated heterocycles. The Balaban J connectivity index is 2.06. The minimum Gasteiger partial charge on any atom is -0.366 e. The van der Waals surface area contributed by atoms with Crippen LogP contribution >= 0.6 is 0 Å². The van der Waals surface area contributed by atoms with E-state index >= 15 is 0 Å². The summed E-state index contributed by atoms with van der Waals surface area (Å²) < 4.78 is 1.85. The highest BCUT2D eigenvalue weighted by atomic mass is 15.3. The first-order valence-corrected chi connectivity index (χ1v) is 6.29. The highest BCUT2D eigenvalue weighted by Gasteiger charge is 2.05. The molecule has 0 amide bonds. The molecule has 2 rings (SSSR count). The van der Waals surface area contributed by atoms with Crippen LogP contribution in [0.1, 0.15) is 30.8 Å². The van der Waals surface area contributed by atoms with Crippen molar-refractivity contribution in [3.05, 3.63) is 35.5 Å². The second-order valence-corrected chi connectivity index (χ2v) is 4.23. The molecule has 0 atom stereocenters. The summed E-state index contributed by atoms with van der Waals surface area (Å²) in [7, 11) is 1.95. The predicted octanol–water partition coefficient (Wildman–Crippen LogP) is 1.95. The maximum Gasteiger partial charge on any atom is 0.129 e. The van der Waals surface area contributed by atoms with Gasteiger partial charge in [0.2, 0.25) is 0 Å². The summed E-state index contributed by atoms with van der Waals surface area (Å²) in [5.74, 6) is 0.868. The molecule has 0 bridgehead atoms. The molecule has 0 fully saturated rings. The molecule has 96 valence electrons. The van der Waals surface area contributed by atoms with Crippen LogP contribution < -0.4 is 5.32 Å². The number of hydrogen-bond acceptors (Lipinski definition) is 4. The van der Waals surface area contributed by atoms with Crippen LogP contribution in [-0.4, -0.2) is 19.7 Å². The fraction of sp³-hybridized carbons (Fsp3) is 0.462. The van der Waals surface area contributed by atoms with Gasteiger partial charge in [0.15, 0.2) is 0 Å². The maximum atomic E-state index is 4.42. The van der Waals surface area contributed by atoms with Crippen molar-refractivity contribution < 1.29 is 0 Å². The van der Waals surface area contributed by atoms with Crippen LogP contribution in [0.25, 0.3) is 0 Å². The molecule has 0 aromatic carbocycles. The third-order valence-corrected chi connectivity index (χ3v) is 2.87. The van der Waals surface area contributed by atoms with Gasteiger partial charge in [-0.25, -0.2) is 9.97 Å². The number of hydrogen-bond donors (Lipinski definition) is 1. The lowest BCUT2D eigenvalue weighted by atomic mass is 10.2. The van der Waals surface area contributed by atoms with E-state index in [2.05, 4.69) is 34.2 Å². The molecular weight excluding hydrogens is 226 g/mol. The zero-order valence-corrected chi connectivity index (χ0v) is 11.1. The van der Waals surface area contributed by atoms with Gasteiger partial charge in [-0.2, -0.15) is 5.10 Å². The largest absolute Gasteiger partial charge is 0.366 e. The van der Waals surface area contributed by atoms with Crippen molar-refractivity contribution in [2.24, 2.45) is 7.05 Å². The maximum absolute atomic E-state index is 4.42. The molecule has 0 unspecified atom stereocenters. The minimum absolute atomic E-state index is 0.747. The lowest BCUT2D eigenvalue weighted by molar-refractivity contribution is 0.746. The van der Waals surface area contributed by atoms with Crippen LogP contribution in [0.15, 0.2) is 18.6 Å². The van der Waals surface area contributed by atoms with Gasteiger partial charge in [0, 0.05) is 37.1 Å².